The Hall–Kier alpha value is -0.0800. The van der Waals surface area contributed by atoms with Crippen molar-refractivity contribution >= 4 is 0 Å². The van der Waals surface area contributed by atoms with Crippen molar-refractivity contribution < 1.29 is 0 Å². The van der Waals surface area contributed by atoms with Gasteiger partial charge in [0.2, 0.25) is 0 Å². The predicted molar refractivity (Wildman–Crippen MR) is 51.2 cm³/mol. The van der Waals surface area contributed by atoms with E-state index in [2.05, 4.69) is 17.3 Å². The zero-order chi connectivity index (χ0) is 8.39. The van der Waals surface area contributed by atoms with Crippen LogP contribution in [0.25, 0.3) is 0 Å². The zero-order valence-electron chi connectivity index (χ0n) is 8.05. The van der Waals surface area contributed by atoms with E-state index >= 15 is 0 Å². The van der Waals surface area contributed by atoms with Gasteiger partial charge in [0.1, 0.15) is 0 Å². The monoisotopic (exact) mass is 168 g/mol. The molecule has 2 nitrogen and oxygen atoms in total. The number of nitrogens with one attached hydrogen (secondary N) is 1. The maximum atomic E-state index is 3.62. The second-order valence-electron chi connectivity index (χ2n) is 4.34. The molecular formula is C10H20N2. The van der Waals surface area contributed by atoms with E-state index in [-0.39, 0.29) is 0 Å². The highest BCUT2D eigenvalue weighted by Gasteiger charge is 2.26. The average molecular weight is 168 g/mol. The molecule has 0 unspecified atom stereocenters. The fourth-order valence-corrected chi connectivity index (χ4v) is 2.54. The maximum absolute atomic E-state index is 3.62. The minimum Gasteiger partial charge on any atom is -0.314 e. The van der Waals surface area contributed by atoms with Gasteiger partial charge in [0, 0.05) is 6.04 Å². The largest absolute Gasteiger partial charge is 0.314 e. The van der Waals surface area contributed by atoms with E-state index in [1.54, 1.807) is 0 Å². The van der Waals surface area contributed by atoms with Crippen molar-refractivity contribution in [2.75, 3.05) is 26.7 Å². The lowest BCUT2D eigenvalue weighted by atomic mass is 9.89. The second-order valence-corrected chi connectivity index (χ2v) is 4.34. The number of hydrogen-bond acceptors (Lipinski definition) is 2. The Labute approximate surface area is 75.3 Å². The molecule has 2 saturated heterocycles. The maximum Gasteiger partial charge on any atom is 0.00967 e. The van der Waals surface area contributed by atoms with Crippen LogP contribution in [0.1, 0.15) is 25.7 Å². The third-order valence-electron chi connectivity index (χ3n) is 3.43. The van der Waals surface area contributed by atoms with Crippen LogP contribution in [0.15, 0.2) is 0 Å². The Morgan fingerprint density at radius 3 is 2.50 bits per heavy atom. The molecule has 1 N–H and O–H groups in total. The van der Waals surface area contributed by atoms with Gasteiger partial charge in [0.25, 0.3) is 0 Å². The number of piperidine rings is 1. The Balaban J connectivity index is 1.80. The molecule has 0 aromatic rings. The standard InChI is InChI=1S/C10H20N2/c1-12-7-4-9(5-8-12)10-3-2-6-11-10/h9-11H,2-8H2,1H3/t10-/m0/s1. The number of nitrogens with zero attached hydrogens (tertiary/aromatic N) is 1. The molecule has 0 spiro atoms. The molecule has 2 heteroatoms. The predicted octanol–water partition coefficient (Wildman–Crippen LogP) is 1.08. The molecule has 0 aromatic heterocycles. The van der Waals surface area contributed by atoms with E-state index < -0.39 is 0 Å². The summed E-state index contributed by atoms with van der Waals surface area (Å²) in [5.41, 5.74) is 0. The Bertz CT molecular complexity index is 133. The molecule has 1 atom stereocenters. The third-order valence-corrected chi connectivity index (χ3v) is 3.43. The molecule has 0 aromatic carbocycles. The summed E-state index contributed by atoms with van der Waals surface area (Å²) < 4.78 is 0. The van der Waals surface area contributed by atoms with Gasteiger partial charge in [-0.2, -0.15) is 0 Å². The van der Waals surface area contributed by atoms with Crippen LogP contribution in [0.2, 0.25) is 0 Å². The van der Waals surface area contributed by atoms with Crippen LogP contribution in [-0.4, -0.2) is 37.6 Å². The van der Waals surface area contributed by atoms with Gasteiger partial charge in [-0.05, 0) is 58.3 Å². The lowest BCUT2D eigenvalue weighted by molar-refractivity contribution is 0.191. The second kappa shape index (κ2) is 3.75. The summed E-state index contributed by atoms with van der Waals surface area (Å²) in [5, 5.41) is 3.62. The van der Waals surface area contributed by atoms with Crippen LogP contribution < -0.4 is 5.32 Å². The smallest absolute Gasteiger partial charge is 0.00967 e. The first-order chi connectivity index (χ1) is 5.86. The molecule has 0 radical (unpaired) electrons. The lowest BCUT2D eigenvalue weighted by Crippen LogP contribution is -2.39. The summed E-state index contributed by atoms with van der Waals surface area (Å²) in [6.07, 6.45) is 5.65. The number of hydrogen-bond donors (Lipinski definition) is 1. The first-order valence-corrected chi connectivity index (χ1v) is 5.28. The van der Waals surface area contributed by atoms with E-state index in [0.29, 0.717) is 0 Å². The van der Waals surface area contributed by atoms with Gasteiger partial charge in [-0.15, -0.1) is 0 Å². The Kier molecular flexibility index (Phi) is 2.66. The van der Waals surface area contributed by atoms with Gasteiger partial charge in [0.15, 0.2) is 0 Å². The number of likely N-dealkylation sites (tertiary alicyclic amines) is 1. The van der Waals surface area contributed by atoms with Crippen molar-refractivity contribution in [1.29, 1.82) is 0 Å². The van der Waals surface area contributed by atoms with Gasteiger partial charge < -0.3 is 10.2 Å². The van der Waals surface area contributed by atoms with Crippen molar-refractivity contribution in [3.05, 3.63) is 0 Å². The SMILES string of the molecule is CN1CCC([C@@H]2CCCN2)CC1. The Morgan fingerprint density at radius 2 is 1.92 bits per heavy atom. The van der Waals surface area contributed by atoms with E-state index in [9.17, 15) is 0 Å². The highest BCUT2D eigenvalue weighted by Crippen LogP contribution is 2.24. The minimum atomic E-state index is 0.860. The van der Waals surface area contributed by atoms with E-state index in [1.807, 2.05) is 0 Å². The molecule has 2 heterocycles. The fraction of sp³-hybridized carbons (Fsp3) is 1.00. The molecule has 0 aliphatic carbocycles. The molecule has 0 amide bonds. The first kappa shape index (κ1) is 8.52. The highest BCUT2D eigenvalue weighted by molar-refractivity contribution is 4.84. The highest BCUT2D eigenvalue weighted by atomic mass is 15.1. The summed E-state index contributed by atoms with van der Waals surface area (Å²) >= 11 is 0. The summed E-state index contributed by atoms with van der Waals surface area (Å²) in [6.45, 7) is 3.88. The van der Waals surface area contributed by atoms with E-state index in [0.717, 1.165) is 12.0 Å². The van der Waals surface area contributed by atoms with Gasteiger partial charge >= 0.3 is 0 Å². The normalized spacial score (nSPS) is 34.2. The van der Waals surface area contributed by atoms with E-state index in [4.69, 9.17) is 0 Å². The molecule has 0 saturated carbocycles. The zero-order valence-corrected chi connectivity index (χ0v) is 8.05. The molecule has 12 heavy (non-hydrogen) atoms. The van der Waals surface area contributed by atoms with Crippen molar-refractivity contribution in [2.45, 2.75) is 31.7 Å². The van der Waals surface area contributed by atoms with Crippen LogP contribution in [0.5, 0.6) is 0 Å². The van der Waals surface area contributed by atoms with Crippen LogP contribution in [0, 0.1) is 5.92 Å². The molecule has 2 rings (SSSR count). The van der Waals surface area contributed by atoms with Crippen LogP contribution >= 0.6 is 0 Å². The molecular weight excluding hydrogens is 148 g/mol. The molecule has 0 bridgehead atoms. The Morgan fingerprint density at radius 1 is 1.17 bits per heavy atom. The molecule has 70 valence electrons. The van der Waals surface area contributed by atoms with Crippen LogP contribution in [-0.2, 0) is 0 Å². The van der Waals surface area contributed by atoms with Crippen molar-refractivity contribution in [1.82, 2.24) is 10.2 Å². The molecule has 2 aliphatic rings. The summed E-state index contributed by atoms with van der Waals surface area (Å²) in [4.78, 5) is 2.45. The topological polar surface area (TPSA) is 15.3 Å². The third kappa shape index (κ3) is 1.80. The van der Waals surface area contributed by atoms with Crippen molar-refractivity contribution in [3.8, 4) is 0 Å². The summed E-state index contributed by atoms with van der Waals surface area (Å²) in [7, 11) is 2.23. The average Bonchev–Trinajstić information content (AvgIpc) is 2.58. The minimum absolute atomic E-state index is 0.860. The summed E-state index contributed by atoms with van der Waals surface area (Å²) in [6, 6.07) is 0.860. The fourth-order valence-electron chi connectivity index (χ4n) is 2.54. The molecule has 2 aliphatic heterocycles. The van der Waals surface area contributed by atoms with Gasteiger partial charge in [-0.25, -0.2) is 0 Å². The lowest BCUT2D eigenvalue weighted by Gasteiger charge is -2.32. The van der Waals surface area contributed by atoms with Gasteiger partial charge in [-0.1, -0.05) is 0 Å². The van der Waals surface area contributed by atoms with E-state index in [1.165, 1.54) is 45.3 Å². The summed E-state index contributed by atoms with van der Waals surface area (Å²) in [5.74, 6) is 0.976. The number of rotatable bonds is 1. The van der Waals surface area contributed by atoms with Gasteiger partial charge in [0.05, 0.1) is 0 Å². The quantitative estimate of drug-likeness (QED) is 0.630. The van der Waals surface area contributed by atoms with Crippen LogP contribution in [0.4, 0.5) is 0 Å². The molecule has 2 fully saturated rings. The van der Waals surface area contributed by atoms with Crippen molar-refractivity contribution in [2.24, 2.45) is 5.92 Å². The van der Waals surface area contributed by atoms with Crippen molar-refractivity contribution in [3.63, 3.8) is 0 Å². The van der Waals surface area contributed by atoms with Crippen LogP contribution in [0.3, 0.4) is 0 Å². The first-order valence-electron chi connectivity index (χ1n) is 5.28. The van der Waals surface area contributed by atoms with Gasteiger partial charge in [-0.3, -0.25) is 0 Å².